The van der Waals surface area contributed by atoms with Crippen LogP contribution in [0.4, 0.5) is 0 Å². The fraction of sp³-hybridized carbons (Fsp3) is 0.464. The third-order valence-corrected chi connectivity index (χ3v) is 8.01. The minimum atomic E-state index is -0.531. The van der Waals surface area contributed by atoms with Crippen LogP contribution in [0.25, 0.3) is 16.6 Å². The Hall–Kier alpha value is -2.48. The average Bonchev–Trinajstić information content (AvgIpc) is 3.50. The summed E-state index contributed by atoms with van der Waals surface area (Å²) in [4.78, 5) is 13.0. The molecule has 0 bridgehead atoms. The van der Waals surface area contributed by atoms with E-state index in [-0.39, 0.29) is 12.7 Å². The lowest BCUT2D eigenvalue weighted by atomic mass is 9.78. The number of carbonyl (C=O) groups excluding carboxylic acids is 1. The molecule has 1 aliphatic carbocycles. The number of carbonyl (C=O) groups is 1. The molecule has 1 saturated carbocycles. The molecular formula is C28H33BClNO5. The lowest BCUT2D eigenvalue weighted by Gasteiger charge is -2.32. The van der Waals surface area contributed by atoms with Crippen LogP contribution >= 0.6 is 11.6 Å². The zero-order chi connectivity index (χ0) is 25.7. The molecule has 1 saturated heterocycles. The van der Waals surface area contributed by atoms with Crippen LogP contribution in [-0.4, -0.2) is 41.6 Å². The Labute approximate surface area is 217 Å². The highest BCUT2D eigenvalue weighted by atomic mass is 35.5. The highest BCUT2D eigenvalue weighted by Gasteiger charge is 2.51. The van der Waals surface area contributed by atoms with Crippen molar-refractivity contribution in [3.63, 3.8) is 0 Å². The quantitative estimate of drug-likeness (QED) is 0.298. The number of fused-ring (bicyclic) bond motifs is 1. The Morgan fingerprint density at radius 2 is 1.69 bits per heavy atom. The number of esters is 1. The van der Waals surface area contributed by atoms with Gasteiger partial charge in [-0.05, 0) is 96.1 Å². The van der Waals surface area contributed by atoms with Gasteiger partial charge in [0, 0.05) is 11.1 Å². The van der Waals surface area contributed by atoms with Crippen LogP contribution in [0.5, 0.6) is 5.75 Å². The molecule has 5 rings (SSSR count). The van der Waals surface area contributed by atoms with Crippen LogP contribution < -0.4 is 10.2 Å². The fourth-order valence-corrected chi connectivity index (χ4v) is 5.23. The Morgan fingerprint density at radius 1 is 1.06 bits per heavy atom. The maximum Gasteiger partial charge on any atom is 0.494 e. The second-order valence-corrected chi connectivity index (χ2v) is 11.0. The van der Waals surface area contributed by atoms with E-state index >= 15 is 0 Å². The third-order valence-electron chi connectivity index (χ3n) is 7.62. The van der Waals surface area contributed by atoms with Crippen molar-refractivity contribution in [2.24, 2.45) is 0 Å². The first-order valence-electron chi connectivity index (χ1n) is 12.7. The molecule has 3 aromatic rings. The topological polar surface area (TPSA) is 58.9 Å². The maximum absolute atomic E-state index is 13.0. The fourth-order valence-electron chi connectivity index (χ4n) is 4.92. The van der Waals surface area contributed by atoms with Gasteiger partial charge in [-0.1, -0.05) is 23.7 Å². The van der Waals surface area contributed by atoms with Gasteiger partial charge in [0.1, 0.15) is 5.75 Å². The Bertz CT molecular complexity index is 1260. The van der Waals surface area contributed by atoms with Crippen molar-refractivity contribution in [1.29, 1.82) is 0 Å². The molecule has 0 N–H and O–H groups in total. The van der Waals surface area contributed by atoms with E-state index in [9.17, 15) is 4.79 Å². The molecule has 0 spiro atoms. The van der Waals surface area contributed by atoms with E-state index in [1.165, 1.54) is 12.8 Å². The van der Waals surface area contributed by atoms with Gasteiger partial charge in [-0.2, -0.15) is 0 Å². The monoisotopic (exact) mass is 509 g/mol. The van der Waals surface area contributed by atoms with E-state index in [1.807, 2.05) is 74.7 Å². The normalized spacial score (nSPS) is 19.2. The summed E-state index contributed by atoms with van der Waals surface area (Å²) < 4.78 is 25.8. The summed E-state index contributed by atoms with van der Waals surface area (Å²) in [5, 5.41) is 1.08. The SMILES string of the molecule is CCOC(=O)c1c(Cl)c2cc(B3OC(C)(C)C(C)(C)O3)ccc2n1-c1ccc(OC2CCCC2)cc1. The first kappa shape index (κ1) is 25.2. The summed E-state index contributed by atoms with van der Waals surface area (Å²) in [5.74, 6) is 0.358. The van der Waals surface area contributed by atoms with E-state index < -0.39 is 24.3 Å². The molecule has 0 amide bonds. The predicted molar refractivity (Wildman–Crippen MR) is 143 cm³/mol. The molecule has 1 aliphatic heterocycles. The summed E-state index contributed by atoms with van der Waals surface area (Å²) in [7, 11) is -0.531. The molecule has 190 valence electrons. The van der Waals surface area contributed by atoms with E-state index in [1.54, 1.807) is 6.92 Å². The molecule has 2 aliphatic rings. The predicted octanol–water partition coefficient (Wildman–Crippen LogP) is 6.08. The van der Waals surface area contributed by atoms with Crippen LogP contribution in [0.15, 0.2) is 42.5 Å². The molecule has 2 aromatic carbocycles. The first-order chi connectivity index (χ1) is 17.1. The largest absolute Gasteiger partial charge is 0.494 e. The van der Waals surface area contributed by atoms with Crippen molar-refractivity contribution >= 4 is 41.1 Å². The van der Waals surface area contributed by atoms with E-state index in [2.05, 4.69) is 0 Å². The van der Waals surface area contributed by atoms with Gasteiger partial charge in [-0.15, -0.1) is 0 Å². The number of ether oxygens (including phenoxy) is 2. The summed E-state index contributed by atoms with van der Waals surface area (Å²) in [6, 6.07) is 13.6. The molecule has 36 heavy (non-hydrogen) atoms. The number of rotatable bonds is 6. The number of benzene rings is 2. The van der Waals surface area contributed by atoms with Gasteiger partial charge in [0.2, 0.25) is 0 Å². The second kappa shape index (κ2) is 9.44. The lowest BCUT2D eigenvalue weighted by molar-refractivity contribution is 0.00578. The van der Waals surface area contributed by atoms with Gasteiger partial charge in [-0.25, -0.2) is 4.79 Å². The van der Waals surface area contributed by atoms with Gasteiger partial charge in [-0.3, -0.25) is 0 Å². The lowest BCUT2D eigenvalue weighted by Crippen LogP contribution is -2.41. The zero-order valence-corrected chi connectivity index (χ0v) is 22.4. The van der Waals surface area contributed by atoms with E-state index in [4.69, 9.17) is 30.4 Å². The van der Waals surface area contributed by atoms with Crippen LogP contribution in [-0.2, 0) is 14.0 Å². The number of hydrogen-bond donors (Lipinski definition) is 0. The zero-order valence-electron chi connectivity index (χ0n) is 21.6. The van der Waals surface area contributed by atoms with E-state index in [0.29, 0.717) is 10.7 Å². The van der Waals surface area contributed by atoms with Crippen molar-refractivity contribution in [3.8, 4) is 11.4 Å². The molecule has 2 fully saturated rings. The molecule has 6 nitrogen and oxygen atoms in total. The minimum Gasteiger partial charge on any atom is -0.490 e. The molecule has 8 heteroatoms. The van der Waals surface area contributed by atoms with Crippen molar-refractivity contribution in [2.45, 2.75) is 77.6 Å². The number of aromatic nitrogens is 1. The molecule has 2 heterocycles. The number of hydrogen-bond acceptors (Lipinski definition) is 5. The van der Waals surface area contributed by atoms with Crippen LogP contribution in [0, 0.1) is 0 Å². The molecule has 1 aromatic heterocycles. The maximum atomic E-state index is 13.0. The molecule has 0 unspecified atom stereocenters. The third kappa shape index (κ3) is 4.42. The van der Waals surface area contributed by atoms with Crippen LogP contribution in [0.3, 0.4) is 0 Å². The summed E-state index contributed by atoms with van der Waals surface area (Å²) in [5.41, 5.74) is 1.83. The highest BCUT2D eigenvalue weighted by Crippen LogP contribution is 2.38. The molecular weight excluding hydrogens is 477 g/mol. The second-order valence-electron chi connectivity index (χ2n) is 10.6. The highest BCUT2D eigenvalue weighted by molar-refractivity contribution is 6.62. The van der Waals surface area contributed by atoms with Crippen LogP contribution in [0.1, 0.15) is 70.8 Å². The average molecular weight is 510 g/mol. The number of halogens is 1. The minimum absolute atomic E-state index is 0.254. The first-order valence-corrected chi connectivity index (χ1v) is 13.1. The summed E-state index contributed by atoms with van der Waals surface area (Å²) in [6.07, 6.45) is 4.90. The Kier molecular flexibility index (Phi) is 6.60. The van der Waals surface area contributed by atoms with Gasteiger partial charge in [0.15, 0.2) is 5.69 Å². The molecule has 0 radical (unpaired) electrons. The van der Waals surface area contributed by atoms with Gasteiger partial charge >= 0.3 is 13.1 Å². The van der Waals surface area contributed by atoms with Gasteiger partial charge in [0.05, 0.1) is 34.5 Å². The number of nitrogens with zero attached hydrogens (tertiary/aromatic N) is 1. The smallest absolute Gasteiger partial charge is 0.490 e. The van der Waals surface area contributed by atoms with Crippen molar-refractivity contribution < 1.29 is 23.6 Å². The van der Waals surface area contributed by atoms with Crippen molar-refractivity contribution in [3.05, 3.63) is 53.2 Å². The van der Waals surface area contributed by atoms with Crippen molar-refractivity contribution in [1.82, 2.24) is 4.57 Å². The Balaban J connectivity index is 1.55. The standard InChI is InChI=1S/C28H33BClNO5/c1-6-33-26(32)25-24(30)22-17-18(29-35-27(2,3)28(4,5)36-29)11-16-23(22)31(25)19-12-14-21(15-13-19)34-20-9-7-8-10-20/h11-17,20H,6-10H2,1-5H3. The van der Waals surface area contributed by atoms with Crippen LogP contribution in [0.2, 0.25) is 5.02 Å². The van der Waals surface area contributed by atoms with Gasteiger partial charge in [0.25, 0.3) is 0 Å². The van der Waals surface area contributed by atoms with Gasteiger partial charge < -0.3 is 23.3 Å². The van der Waals surface area contributed by atoms with E-state index in [0.717, 1.165) is 40.6 Å². The molecule has 0 atom stereocenters. The van der Waals surface area contributed by atoms with Crippen molar-refractivity contribution in [2.75, 3.05) is 6.61 Å². The summed E-state index contributed by atoms with van der Waals surface area (Å²) >= 11 is 6.85. The Morgan fingerprint density at radius 3 is 2.31 bits per heavy atom. The summed E-state index contributed by atoms with van der Waals surface area (Å²) in [6.45, 7) is 10.1.